The number of hydrogen-bond acceptors (Lipinski definition) is 4. The van der Waals surface area contributed by atoms with Gasteiger partial charge in [0.05, 0.1) is 17.6 Å². The number of nitriles is 1. The highest BCUT2D eigenvalue weighted by molar-refractivity contribution is 7.12. The fourth-order valence-corrected chi connectivity index (χ4v) is 2.84. The molecule has 112 valence electrons. The third-order valence-electron chi connectivity index (χ3n) is 3.26. The molecular weight excluding hydrogens is 306 g/mol. The molecule has 0 spiro atoms. The van der Waals surface area contributed by atoms with Crippen LogP contribution in [0.5, 0.6) is 0 Å². The van der Waals surface area contributed by atoms with Crippen LogP contribution in [-0.2, 0) is 6.54 Å². The lowest BCUT2D eigenvalue weighted by Gasteiger charge is -2.00. The molecule has 2 heterocycles. The van der Waals surface area contributed by atoms with Crippen molar-refractivity contribution in [3.05, 3.63) is 81.8 Å². The van der Waals surface area contributed by atoms with Crippen molar-refractivity contribution in [3.63, 3.8) is 0 Å². The Balaban J connectivity index is 1.79. The van der Waals surface area contributed by atoms with E-state index in [0.29, 0.717) is 11.4 Å². The van der Waals surface area contributed by atoms with Gasteiger partial charge in [0.1, 0.15) is 11.6 Å². The quantitative estimate of drug-likeness (QED) is 0.408. The second-order valence-electron chi connectivity index (χ2n) is 4.93. The van der Waals surface area contributed by atoms with E-state index in [4.69, 9.17) is 0 Å². The largest absolute Gasteiger partial charge is 0.287 e. The second kappa shape index (κ2) is 6.86. The van der Waals surface area contributed by atoms with Crippen LogP contribution in [0.25, 0.3) is 6.08 Å². The van der Waals surface area contributed by atoms with Crippen LogP contribution >= 0.6 is 11.3 Å². The highest BCUT2D eigenvalue weighted by atomic mass is 32.1. The van der Waals surface area contributed by atoms with Crippen LogP contribution in [0.4, 0.5) is 0 Å². The molecule has 3 aromatic rings. The van der Waals surface area contributed by atoms with Gasteiger partial charge in [0.15, 0.2) is 0 Å². The van der Waals surface area contributed by atoms with Gasteiger partial charge in [-0.1, -0.05) is 36.4 Å². The van der Waals surface area contributed by atoms with E-state index in [1.807, 2.05) is 48.0 Å². The standard InChI is InChI=1S/C18H13N3OS/c19-10-16(18(22)17-7-4-8-23-17)9-15-11-20-21(13-15)12-14-5-2-1-3-6-14/h1-9,11,13H,12H2/b16-9+. The Morgan fingerprint density at radius 2 is 2.09 bits per heavy atom. The summed E-state index contributed by atoms with van der Waals surface area (Å²) in [5.41, 5.74) is 2.00. The van der Waals surface area contributed by atoms with E-state index in [1.165, 1.54) is 11.3 Å². The SMILES string of the molecule is N#C/C(=C\c1cnn(Cc2ccccc2)c1)C(=O)c1cccs1. The third-order valence-corrected chi connectivity index (χ3v) is 4.13. The first kappa shape index (κ1) is 14.9. The van der Waals surface area contributed by atoms with E-state index in [2.05, 4.69) is 5.10 Å². The van der Waals surface area contributed by atoms with Crippen LogP contribution < -0.4 is 0 Å². The van der Waals surface area contributed by atoms with Crippen molar-refractivity contribution in [2.24, 2.45) is 0 Å². The molecule has 2 aromatic heterocycles. The van der Waals surface area contributed by atoms with Crippen molar-refractivity contribution in [2.75, 3.05) is 0 Å². The summed E-state index contributed by atoms with van der Waals surface area (Å²) >= 11 is 1.33. The summed E-state index contributed by atoms with van der Waals surface area (Å²) in [5, 5.41) is 15.3. The lowest BCUT2D eigenvalue weighted by Crippen LogP contribution is -1.99. The summed E-state index contributed by atoms with van der Waals surface area (Å²) in [6, 6.07) is 15.5. The van der Waals surface area contributed by atoms with Crippen LogP contribution in [-0.4, -0.2) is 15.6 Å². The first-order valence-corrected chi connectivity index (χ1v) is 7.90. The molecular formula is C18H13N3OS. The normalized spacial score (nSPS) is 11.2. The lowest BCUT2D eigenvalue weighted by molar-refractivity contribution is 0.104. The van der Waals surface area contributed by atoms with Crippen molar-refractivity contribution in [1.82, 2.24) is 9.78 Å². The molecule has 3 rings (SSSR count). The van der Waals surface area contributed by atoms with Gasteiger partial charge in [-0.05, 0) is 23.1 Å². The average molecular weight is 319 g/mol. The van der Waals surface area contributed by atoms with E-state index in [0.717, 1.165) is 11.1 Å². The van der Waals surface area contributed by atoms with E-state index in [9.17, 15) is 10.1 Å². The smallest absolute Gasteiger partial charge is 0.213 e. The monoisotopic (exact) mass is 319 g/mol. The number of thiophene rings is 1. The van der Waals surface area contributed by atoms with Crippen LogP contribution in [0.2, 0.25) is 0 Å². The van der Waals surface area contributed by atoms with Gasteiger partial charge < -0.3 is 0 Å². The van der Waals surface area contributed by atoms with Gasteiger partial charge >= 0.3 is 0 Å². The molecule has 5 heteroatoms. The van der Waals surface area contributed by atoms with Crippen molar-refractivity contribution in [3.8, 4) is 6.07 Å². The summed E-state index contributed by atoms with van der Waals surface area (Å²) < 4.78 is 1.78. The van der Waals surface area contributed by atoms with Crippen molar-refractivity contribution in [1.29, 1.82) is 5.26 Å². The molecule has 4 nitrogen and oxygen atoms in total. The number of nitrogens with zero attached hydrogens (tertiary/aromatic N) is 3. The summed E-state index contributed by atoms with van der Waals surface area (Å²) in [4.78, 5) is 12.8. The first-order chi connectivity index (χ1) is 11.3. The zero-order valence-corrected chi connectivity index (χ0v) is 13.0. The number of allylic oxidation sites excluding steroid dienone is 1. The zero-order chi connectivity index (χ0) is 16.1. The Morgan fingerprint density at radius 1 is 1.26 bits per heavy atom. The topological polar surface area (TPSA) is 58.7 Å². The maximum atomic E-state index is 12.2. The number of aromatic nitrogens is 2. The molecule has 0 atom stereocenters. The Morgan fingerprint density at radius 3 is 2.78 bits per heavy atom. The molecule has 23 heavy (non-hydrogen) atoms. The Labute approximate surface area is 137 Å². The molecule has 0 N–H and O–H groups in total. The van der Waals surface area contributed by atoms with Gasteiger partial charge in [-0.25, -0.2) is 0 Å². The molecule has 0 amide bonds. The number of rotatable bonds is 5. The van der Waals surface area contributed by atoms with Gasteiger partial charge in [0.2, 0.25) is 5.78 Å². The lowest BCUT2D eigenvalue weighted by atomic mass is 10.1. The molecule has 0 radical (unpaired) electrons. The molecule has 0 aliphatic heterocycles. The fraction of sp³-hybridized carbons (Fsp3) is 0.0556. The number of ketones is 1. The number of benzene rings is 1. The van der Waals surface area contributed by atoms with Crippen LogP contribution in [0, 0.1) is 11.3 Å². The van der Waals surface area contributed by atoms with Crippen LogP contribution in [0.15, 0.2) is 65.8 Å². The molecule has 0 aliphatic rings. The highest BCUT2D eigenvalue weighted by Gasteiger charge is 2.13. The van der Waals surface area contributed by atoms with Crippen LogP contribution in [0.1, 0.15) is 20.8 Å². The Hall–Kier alpha value is -2.97. The predicted molar refractivity (Wildman–Crippen MR) is 90.0 cm³/mol. The van der Waals surface area contributed by atoms with Gasteiger partial charge in [0.25, 0.3) is 0 Å². The number of Topliss-reactive ketones (excluding diaryl/α,β-unsaturated/α-hetero) is 1. The van der Waals surface area contributed by atoms with E-state index in [-0.39, 0.29) is 11.4 Å². The molecule has 0 unspecified atom stereocenters. The second-order valence-corrected chi connectivity index (χ2v) is 5.88. The molecule has 1 aromatic carbocycles. The summed E-state index contributed by atoms with van der Waals surface area (Å²) in [6.07, 6.45) is 5.06. The van der Waals surface area contributed by atoms with Gasteiger partial charge in [-0.2, -0.15) is 10.4 Å². The minimum absolute atomic E-state index is 0.117. The van der Waals surface area contributed by atoms with Gasteiger partial charge in [-0.15, -0.1) is 11.3 Å². The molecule has 0 bridgehead atoms. The Kier molecular flexibility index (Phi) is 4.46. The van der Waals surface area contributed by atoms with Crippen molar-refractivity contribution in [2.45, 2.75) is 6.54 Å². The molecule has 0 aliphatic carbocycles. The maximum absolute atomic E-state index is 12.2. The molecule has 0 saturated carbocycles. The van der Waals surface area contributed by atoms with Crippen LogP contribution in [0.3, 0.4) is 0 Å². The zero-order valence-electron chi connectivity index (χ0n) is 12.2. The number of hydrogen-bond donors (Lipinski definition) is 0. The van der Waals surface area contributed by atoms with E-state index >= 15 is 0 Å². The maximum Gasteiger partial charge on any atom is 0.213 e. The summed E-state index contributed by atoms with van der Waals surface area (Å²) in [6.45, 7) is 0.648. The van der Waals surface area contributed by atoms with Gasteiger partial charge in [0, 0.05) is 11.8 Å². The number of carbonyl (C=O) groups is 1. The predicted octanol–water partition coefficient (Wildman–Crippen LogP) is 3.78. The highest BCUT2D eigenvalue weighted by Crippen LogP contribution is 2.16. The molecule has 0 fully saturated rings. The van der Waals surface area contributed by atoms with Gasteiger partial charge in [-0.3, -0.25) is 9.48 Å². The van der Waals surface area contributed by atoms with Crippen molar-refractivity contribution >= 4 is 23.2 Å². The average Bonchev–Trinajstić information content (AvgIpc) is 3.25. The molecule has 0 saturated heterocycles. The Bertz CT molecular complexity index is 871. The number of carbonyl (C=O) groups excluding carboxylic acids is 1. The summed E-state index contributed by atoms with van der Waals surface area (Å²) in [5.74, 6) is -0.252. The third kappa shape index (κ3) is 3.62. The van der Waals surface area contributed by atoms with Crippen molar-refractivity contribution < 1.29 is 4.79 Å². The van der Waals surface area contributed by atoms with E-state index in [1.54, 1.807) is 29.1 Å². The first-order valence-electron chi connectivity index (χ1n) is 7.02. The fourth-order valence-electron chi connectivity index (χ4n) is 2.17. The summed E-state index contributed by atoms with van der Waals surface area (Å²) in [7, 11) is 0. The minimum atomic E-state index is -0.252. The minimum Gasteiger partial charge on any atom is -0.287 e. The van der Waals surface area contributed by atoms with E-state index < -0.39 is 0 Å².